The summed E-state index contributed by atoms with van der Waals surface area (Å²) in [6.45, 7) is 3.84. The molecule has 0 aliphatic carbocycles. The standard InChI is InChI=1S/C21H20BrN3O4S/c1-13(29-19-8-4-6-16(22)10-19)20(26)24-25-21(27)15-5-3-7-18(9-15)28-11-17-12-30-14(2)23-17/h3-10,12-13H,11H2,1-2H3,(H,24,26)(H,25,27). The minimum Gasteiger partial charge on any atom is -0.487 e. The Bertz CT molecular complexity index is 1040. The molecule has 0 radical (unpaired) electrons. The molecule has 7 nitrogen and oxygen atoms in total. The fourth-order valence-electron chi connectivity index (χ4n) is 2.45. The van der Waals surface area contributed by atoms with Gasteiger partial charge in [0.05, 0.1) is 10.7 Å². The smallest absolute Gasteiger partial charge is 0.279 e. The number of halogens is 1. The van der Waals surface area contributed by atoms with Crippen LogP contribution in [0.1, 0.15) is 28.0 Å². The number of rotatable bonds is 7. The largest absolute Gasteiger partial charge is 0.487 e. The normalized spacial score (nSPS) is 11.4. The van der Waals surface area contributed by atoms with Crippen LogP contribution < -0.4 is 20.3 Å². The van der Waals surface area contributed by atoms with Crippen LogP contribution in [-0.2, 0) is 11.4 Å². The van der Waals surface area contributed by atoms with Crippen LogP contribution in [0, 0.1) is 6.92 Å². The molecule has 156 valence electrons. The van der Waals surface area contributed by atoms with Crippen molar-refractivity contribution in [2.24, 2.45) is 0 Å². The molecule has 2 amide bonds. The first-order valence-electron chi connectivity index (χ1n) is 9.07. The predicted octanol–water partition coefficient (Wildman–Crippen LogP) is 4.02. The first kappa shape index (κ1) is 21.8. The lowest BCUT2D eigenvalue weighted by Gasteiger charge is -2.15. The Morgan fingerprint density at radius 2 is 1.90 bits per heavy atom. The summed E-state index contributed by atoms with van der Waals surface area (Å²) < 4.78 is 12.1. The average molecular weight is 490 g/mol. The number of hydrazine groups is 1. The number of benzene rings is 2. The van der Waals surface area contributed by atoms with E-state index in [4.69, 9.17) is 9.47 Å². The van der Waals surface area contributed by atoms with Gasteiger partial charge in [-0.05, 0) is 50.2 Å². The lowest BCUT2D eigenvalue weighted by molar-refractivity contribution is -0.128. The molecule has 0 aliphatic heterocycles. The quantitative estimate of drug-likeness (QED) is 0.489. The number of nitrogens with one attached hydrogen (secondary N) is 2. The molecule has 0 bridgehead atoms. The fourth-order valence-corrected chi connectivity index (χ4v) is 3.42. The second-order valence-corrected chi connectivity index (χ2v) is 8.31. The molecule has 0 saturated carbocycles. The summed E-state index contributed by atoms with van der Waals surface area (Å²) in [5.41, 5.74) is 5.94. The van der Waals surface area contributed by atoms with E-state index in [2.05, 4.69) is 31.8 Å². The van der Waals surface area contributed by atoms with E-state index in [9.17, 15) is 9.59 Å². The van der Waals surface area contributed by atoms with Crippen molar-refractivity contribution < 1.29 is 19.1 Å². The number of aromatic nitrogens is 1. The van der Waals surface area contributed by atoms with Crippen LogP contribution in [0.15, 0.2) is 58.4 Å². The van der Waals surface area contributed by atoms with Gasteiger partial charge >= 0.3 is 0 Å². The van der Waals surface area contributed by atoms with E-state index in [1.54, 1.807) is 60.7 Å². The van der Waals surface area contributed by atoms with Crippen LogP contribution in [0.4, 0.5) is 0 Å². The number of carbonyl (C=O) groups excluding carboxylic acids is 2. The highest BCUT2D eigenvalue weighted by molar-refractivity contribution is 9.10. The maximum absolute atomic E-state index is 12.4. The number of amides is 2. The highest BCUT2D eigenvalue weighted by atomic mass is 79.9. The zero-order valence-corrected chi connectivity index (χ0v) is 18.7. The zero-order valence-electron chi connectivity index (χ0n) is 16.3. The number of hydrogen-bond acceptors (Lipinski definition) is 6. The van der Waals surface area contributed by atoms with Crippen LogP contribution in [-0.4, -0.2) is 22.9 Å². The Kier molecular flexibility index (Phi) is 7.42. The van der Waals surface area contributed by atoms with Crippen molar-refractivity contribution in [1.29, 1.82) is 0 Å². The van der Waals surface area contributed by atoms with E-state index in [1.807, 2.05) is 18.4 Å². The molecule has 1 atom stereocenters. The molecule has 1 aromatic heterocycles. The lowest BCUT2D eigenvalue weighted by Crippen LogP contribution is -2.47. The second-order valence-electron chi connectivity index (χ2n) is 6.34. The van der Waals surface area contributed by atoms with Crippen molar-refractivity contribution in [3.05, 3.63) is 74.6 Å². The SMILES string of the molecule is Cc1nc(COc2cccc(C(=O)NNC(=O)C(C)Oc3cccc(Br)c3)c2)cs1. The van der Waals surface area contributed by atoms with Gasteiger partial charge in [-0.25, -0.2) is 4.98 Å². The van der Waals surface area contributed by atoms with Crippen molar-refractivity contribution in [3.63, 3.8) is 0 Å². The summed E-state index contributed by atoms with van der Waals surface area (Å²) in [6, 6.07) is 13.8. The van der Waals surface area contributed by atoms with Gasteiger partial charge in [0.1, 0.15) is 18.1 Å². The summed E-state index contributed by atoms with van der Waals surface area (Å²) in [6.07, 6.45) is -0.796. The second kappa shape index (κ2) is 10.2. The maximum atomic E-state index is 12.4. The molecule has 0 aliphatic rings. The summed E-state index contributed by atoms with van der Waals surface area (Å²) >= 11 is 4.90. The number of nitrogens with zero attached hydrogens (tertiary/aromatic N) is 1. The van der Waals surface area contributed by atoms with Gasteiger partial charge in [-0.2, -0.15) is 0 Å². The van der Waals surface area contributed by atoms with Gasteiger partial charge in [-0.15, -0.1) is 11.3 Å². The molecule has 1 heterocycles. The average Bonchev–Trinajstić information content (AvgIpc) is 3.15. The van der Waals surface area contributed by atoms with Crippen molar-refractivity contribution in [2.75, 3.05) is 0 Å². The Morgan fingerprint density at radius 3 is 2.63 bits per heavy atom. The number of thiazole rings is 1. The summed E-state index contributed by atoms with van der Waals surface area (Å²) in [7, 11) is 0. The van der Waals surface area contributed by atoms with Crippen LogP contribution in [0.2, 0.25) is 0 Å². The molecule has 3 rings (SSSR count). The molecule has 0 saturated heterocycles. The van der Waals surface area contributed by atoms with Gasteiger partial charge in [0.2, 0.25) is 0 Å². The highest BCUT2D eigenvalue weighted by Crippen LogP contribution is 2.19. The lowest BCUT2D eigenvalue weighted by atomic mass is 10.2. The summed E-state index contributed by atoms with van der Waals surface area (Å²) in [5.74, 6) is 0.132. The van der Waals surface area contributed by atoms with E-state index >= 15 is 0 Å². The van der Waals surface area contributed by atoms with Crippen LogP contribution in [0.3, 0.4) is 0 Å². The van der Waals surface area contributed by atoms with Gasteiger partial charge in [-0.3, -0.25) is 20.4 Å². The van der Waals surface area contributed by atoms with E-state index in [1.165, 1.54) is 0 Å². The molecule has 2 N–H and O–H groups in total. The van der Waals surface area contributed by atoms with Gasteiger partial charge < -0.3 is 9.47 Å². The molecular formula is C21H20BrN3O4S. The van der Waals surface area contributed by atoms with Gasteiger partial charge in [-0.1, -0.05) is 28.1 Å². The van der Waals surface area contributed by atoms with Crippen molar-refractivity contribution >= 4 is 39.1 Å². The third kappa shape index (κ3) is 6.30. The van der Waals surface area contributed by atoms with E-state index in [-0.39, 0.29) is 0 Å². The Balaban J connectivity index is 1.50. The maximum Gasteiger partial charge on any atom is 0.279 e. The number of ether oxygens (including phenoxy) is 2. The molecule has 0 spiro atoms. The van der Waals surface area contributed by atoms with Crippen LogP contribution >= 0.6 is 27.3 Å². The Morgan fingerprint density at radius 1 is 1.13 bits per heavy atom. The molecule has 1 unspecified atom stereocenters. The van der Waals surface area contributed by atoms with E-state index in [0.717, 1.165) is 15.2 Å². The molecule has 9 heteroatoms. The first-order chi connectivity index (χ1) is 14.4. The monoisotopic (exact) mass is 489 g/mol. The third-order valence-electron chi connectivity index (χ3n) is 3.93. The minimum absolute atomic E-state index is 0.316. The van der Waals surface area contributed by atoms with Gasteiger partial charge in [0.15, 0.2) is 6.10 Å². The molecular weight excluding hydrogens is 470 g/mol. The zero-order chi connectivity index (χ0) is 21.5. The van der Waals surface area contributed by atoms with Gasteiger partial charge in [0.25, 0.3) is 11.8 Å². The predicted molar refractivity (Wildman–Crippen MR) is 117 cm³/mol. The minimum atomic E-state index is -0.796. The Hall–Kier alpha value is -2.91. The van der Waals surface area contributed by atoms with Crippen molar-refractivity contribution in [1.82, 2.24) is 15.8 Å². The van der Waals surface area contributed by atoms with Crippen molar-refractivity contribution in [3.8, 4) is 11.5 Å². The summed E-state index contributed by atoms with van der Waals surface area (Å²) in [5, 5.41) is 2.90. The number of aryl methyl sites for hydroxylation is 1. The van der Waals surface area contributed by atoms with Gasteiger partial charge in [0, 0.05) is 15.4 Å². The van der Waals surface area contributed by atoms with Crippen LogP contribution in [0.5, 0.6) is 11.5 Å². The van der Waals surface area contributed by atoms with Crippen LogP contribution in [0.25, 0.3) is 0 Å². The fraction of sp³-hybridized carbons (Fsp3) is 0.190. The van der Waals surface area contributed by atoms with E-state index in [0.29, 0.717) is 23.7 Å². The third-order valence-corrected chi connectivity index (χ3v) is 5.24. The Labute approximate surface area is 186 Å². The van der Waals surface area contributed by atoms with Crippen molar-refractivity contribution in [2.45, 2.75) is 26.6 Å². The number of hydrogen-bond donors (Lipinski definition) is 2. The molecule has 3 aromatic rings. The molecule has 0 fully saturated rings. The molecule has 30 heavy (non-hydrogen) atoms. The first-order valence-corrected chi connectivity index (χ1v) is 10.7. The molecule has 2 aromatic carbocycles. The van der Waals surface area contributed by atoms with E-state index < -0.39 is 17.9 Å². The summed E-state index contributed by atoms with van der Waals surface area (Å²) in [4.78, 5) is 28.9. The number of carbonyl (C=O) groups is 2. The highest BCUT2D eigenvalue weighted by Gasteiger charge is 2.16. The topological polar surface area (TPSA) is 89.5 Å².